The summed E-state index contributed by atoms with van der Waals surface area (Å²) >= 11 is 4.90. The Balaban J connectivity index is 2.62. The Morgan fingerprint density at radius 2 is 2.40 bits per heavy atom. The smallest absolute Gasteiger partial charge is 0.0353 e. The molecule has 0 spiro atoms. The molecule has 0 aliphatic rings. The summed E-state index contributed by atoms with van der Waals surface area (Å²) < 4.78 is 0. The third-order valence-electron chi connectivity index (χ3n) is 0.138. The Kier molecular flexibility index (Phi) is 3.63. The van der Waals surface area contributed by atoms with Crippen LogP contribution in [-0.4, -0.2) is 5.21 Å². The van der Waals surface area contributed by atoms with Gasteiger partial charge in [-0.15, -0.1) is 0 Å². The highest BCUT2D eigenvalue weighted by Crippen LogP contribution is 1.68. The summed E-state index contributed by atoms with van der Waals surface area (Å²) in [6, 6.07) is 0. The quantitative estimate of drug-likeness (QED) is 0.467. The summed E-state index contributed by atoms with van der Waals surface area (Å²) in [5, 5.41) is 7.64. The molecule has 0 aliphatic carbocycles. The van der Waals surface area contributed by atoms with Crippen molar-refractivity contribution in [3.63, 3.8) is 0 Å². The van der Waals surface area contributed by atoms with Crippen LogP contribution in [0.3, 0.4) is 0 Å². The molecule has 0 fully saturated rings. The van der Waals surface area contributed by atoms with Crippen LogP contribution in [0.5, 0.6) is 0 Å². The van der Waals surface area contributed by atoms with Crippen molar-refractivity contribution in [1.82, 2.24) is 5.48 Å². The third kappa shape index (κ3) is 3.79. The van der Waals surface area contributed by atoms with Crippen molar-refractivity contribution in [2.24, 2.45) is 0 Å². The predicted octanol–water partition coefficient (Wildman–Crippen LogP) is 0.675. The summed E-state index contributed by atoms with van der Waals surface area (Å²) in [7, 11) is 0. The van der Waals surface area contributed by atoms with Crippen molar-refractivity contribution in [3.05, 3.63) is 11.7 Å². The van der Waals surface area contributed by atoms with E-state index in [9.17, 15) is 0 Å². The highest BCUT2D eigenvalue weighted by atomic mass is 35.5. The van der Waals surface area contributed by atoms with Gasteiger partial charge in [-0.3, -0.25) is 10.7 Å². The zero-order valence-corrected chi connectivity index (χ0v) is 3.24. The minimum Gasteiger partial charge on any atom is -0.292 e. The molecule has 0 bridgehead atoms. The molecule has 0 aromatic heterocycles. The van der Waals surface area contributed by atoms with Gasteiger partial charge in [0.15, 0.2) is 0 Å². The lowest BCUT2D eigenvalue weighted by atomic mass is 11.1. The molecule has 0 amide bonds. The molecule has 0 aliphatic heterocycles. The van der Waals surface area contributed by atoms with E-state index in [2.05, 4.69) is 0 Å². The SMILES string of the molecule is ON/C=C/Cl. The van der Waals surface area contributed by atoms with Crippen LogP contribution < -0.4 is 5.48 Å². The molecule has 2 nitrogen and oxygen atoms in total. The molecule has 30 valence electrons. The Bertz CT molecular complexity index is 36.6. The fraction of sp³-hybridized carbons (Fsp3) is 0. The Labute approximate surface area is 35.0 Å². The van der Waals surface area contributed by atoms with Gasteiger partial charge in [0.25, 0.3) is 0 Å². The fourth-order valence-corrected chi connectivity index (χ4v) is 0.0845. The van der Waals surface area contributed by atoms with Crippen LogP contribution in [0.4, 0.5) is 0 Å². The van der Waals surface area contributed by atoms with Crippen molar-refractivity contribution >= 4 is 11.6 Å². The molecule has 3 heteroatoms. The van der Waals surface area contributed by atoms with Crippen molar-refractivity contribution < 1.29 is 5.21 Å². The van der Waals surface area contributed by atoms with Crippen LogP contribution in [0.1, 0.15) is 0 Å². The zero-order chi connectivity index (χ0) is 4.12. The summed E-state index contributed by atoms with van der Waals surface area (Å²) in [4.78, 5) is 0. The lowest BCUT2D eigenvalue weighted by molar-refractivity contribution is 0.214. The van der Waals surface area contributed by atoms with Crippen molar-refractivity contribution in [2.75, 3.05) is 0 Å². The number of hydrogen-bond donors (Lipinski definition) is 2. The van der Waals surface area contributed by atoms with E-state index in [0.717, 1.165) is 0 Å². The molecule has 5 heavy (non-hydrogen) atoms. The molecule has 0 heterocycles. The summed E-state index contributed by atoms with van der Waals surface area (Å²) in [6.07, 6.45) is 1.20. The average molecular weight is 93.5 g/mol. The molecule has 2 N–H and O–H groups in total. The van der Waals surface area contributed by atoms with E-state index in [0.29, 0.717) is 0 Å². The molecule has 0 saturated heterocycles. The van der Waals surface area contributed by atoms with Gasteiger partial charge in [0.2, 0.25) is 0 Å². The Hall–Kier alpha value is -0.210. The van der Waals surface area contributed by atoms with Crippen LogP contribution in [0.25, 0.3) is 0 Å². The van der Waals surface area contributed by atoms with Gasteiger partial charge in [-0.1, -0.05) is 11.6 Å². The molecule has 0 rings (SSSR count). The van der Waals surface area contributed by atoms with Gasteiger partial charge < -0.3 is 0 Å². The molecular weight excluding hydrogens is 89.5 g/mol. The monoisotopic (exact) mass is 93.0 g/mol. The van der Waals surface area contributed by atoms with Crippen molar-refractivity contribution in [3.8, 4) is 0 Å². The summed E-state index contributed by atoms with van der Waals surface area (Å²) in [5.41, 5.74) is 2.87. The van der Waals surface area contributed by atoms with E-state index in [-0.39, 0.29) is 0 Å². The molecular formula is C2H4ClNO. The highest BCUT2D eigenvalue weighted by molar-refractivity contribution is 6.25. The maximum absolute atomic E-state index is 7.64. The first kappa shape index (κ1) is 4.79. The van der Waals surface area contributed by atoms with Gasteiger partial charge in [0, 0.05) is 11.7 Å². The first-order valence-corrected chi connectivity index (χ1v) is 1.50. The summed E-state index contributed by atoms with van der Waals surface area (Å²) in [6.45, 7) is 0. The molecule has 0 atom stereocenters. The largest absolute Gasteiger partial charge is 0.292 e. The molecule has 0 saturated carbocycles. The molecule has 0 aromatic rings. The fourth-order valence-electron chi connectivity index (χ4n) is 0.0282. The third-order valence-corrected chi connectivity index (χ3v) is 0.264. The second kappa shape index (κ2) is 3.79. The van der Waals surface area contributed by atoms with Gasteiger partial charge >= 0.3 is 0 Å². The molecule has 0 radical (unpaired) electrons. The van der Waals surface area contributed by atoms with Gasteiger partial charge in [0.1, 0.15) is 0 Å². The normalized spacial score (nSPS) is 9.20. The van der Waals surface area contributed by atoms with Crippen LogP contribution in [-0.2, 0) is 0 Å². The van der Waals surface area contributed by atoms with Crippen molar-refractivity contribution in [1.29, 1.82) is 0 Å². The first-order valence-electron chi connectivity index (χ1n) is 1.06. The van der Waals surface area contributed by atoms with E-state index in [4.69, 9.17) is 16.8 Å². The first-order chi connectivity index (χ1) is 2.41. The second-order valence-electron chi connectivity index (χ2n) is 0.422. The van der Waals surface area contributed by atoms with E-state index < -0.39 is 0 Å². The van der Waals surface area contributed by atoms with Crippen molar-refractivity contribution in [2.45, 2.75) is 0 Å². The molecule has 0 aromatic carbocycles. The van der Waals surface area contributed by atoms with Crippen LogP contribution in [0, 0.1) is 0 Å². The van der Waals surface area contributed by atoms with Gasteiger partial charge in [0.05, 0.1) is 0 Å². The lowest BCUT2D eigenvalue weighted by Crippen LogP contribution is -1.90. The number of nitrogens with one attached hydrogen (secondary N) is 1. The predicted molar refractivity (Wildman–Crippen MR) is 19.9 cm³/mol. The number of hydroxylamine groups is 1. The minimum atomic E-state index is 1.17. The van der Waals surface area contributed by atoms with E-state index >= 15 is 0 Å². The van der Waals surface area contributed by atoms with Crippen LogP contribution in [0.15, 0.2) is 11.7 Å². The number of hydrogen-bond acceptors (Lipinski definition) is 2. The van der Waals surface area contributed by atoms with E-state index in [1.165, 1.54) is 11.7 Å². The van der Waals surface area contributed by atoms with Gasteiger partial charge in [-0.25, -0.2) is 0 Å². The highest BCUT2D eigenvalue weighted by Gasteiger charge is 1.48. The van der Waals surface area contributed by atoms with E-state index in [1.54, 1.807) is 5.48 Å². The Morgan fingerprint density at radius 3 is 2.40 bits per heavy atom. The number of halogens is 1. The van der Waals surface area contributed by atoms with Crippen LogP contribution in [0.2, 0.25) is 0 Å². The minimum absolute atomic E-state index is 1.17. The van der Waals surface area contributed by atoms with Gasteiger partial charge in [-0.05, 0) is 0 Å². The second-order valence-corrected chi connectivity index (χ2v) is 0.674. The molecule has 0 unspecified atom stereocenters. The van der Waals surface area contributed by atoms with Crippen LogP contribution >= 0.6 is 11.6 Å². The average Bonchev–Trinajstić information content (AvgIpc) is 1.41. The number of rotatable bonds is 1. The topological polar surface area (TPSA) is 32.3 Å². The Morgan fingerprint density at radius 1 is 1.80 bits per heavy atom. The zero-order valence-electron chi connectivity index (χ0n) is 2.48. The van der Waals surface area contributed by atoms with E-state index in [1.807, 2.05) is 0 Å². The maximum Gasteiger partial charge on any atom is 0.0353 e. The standard InChI is InChI=1S/C2H4ClNO/c3-1-2-4-5/h1-2,4-5H/b2-1+. The maximum atomic E-state index is 7.64. The lowest BCUT2D eigenvalue weighted by Gasteiger charge is -1.73. The summed E-state index contributed by atoms with van der Waals surface area (Å²) in [5.74, 6) is 0. The van der Waals surface area contributed by atoms with Gasteiger partial charge in [-0.2, -0.15) is 0 Å².